The third kappa shape index (κ3) is 4.23. The van der Waals surface area contributed by atoms with Crippen molar-refractivity contribution in [1.29, 1.82) is 0 Å². The molecule has 5 heteroatoms. The lowest BCUT2D eigenvalue weighted by Gasteiger charge is -2.32. The van der Waals surface area contributed by atoms with Crippen molar-refractivity contribution in [3.05, 3.63) is 59.4 Å². The number of rotatable bonds is 4. The van der Waals surface area contributed by atoms with Crippen molar-refractivity contribution in [2.75, 3.05) is 18.0 Å². The van der Waals surface area contributed by atoms with Crippen LogP contribution in [0.5, 0.6) is 0 Å². The summed E-state index contributed by atoms with van der Waals surface area (Å²) < 4.78 is 0. The molecule has 0 aliphatic carbocycles. The SMILES string of the molecule is O=C(NCc1cccc(Cl)c1)C1CCN(c2ccncc2)CC1. The molecule has 0 radical (unpaired) electrons. The van der Waals surface area contributed by atoms with E-state index in [0.717, 1.165) is 31.5 Å². The molecule has 2 heterocycles. The molecule has 1 aromatic heterocycles. The molecule has 0 bridgehead atoms. The maximum absolute atomic E-state index is 12.3. The summed E-state index contributed by atoms with van der Waals surface area (Å²) >= 11 is 5.96. The van der Waals surface area contributed by atoms with Crippen molar-refractivity contribution < 1.29 is 4.79 Å². The van der Waals surface area contributed by atoms with Crippen LogP contribution in [0.4, 0.5) is 5.69 Å². The van der Waals surface area contributed by atoms with Gasteiger partial charge in [0.15, 0.2) is 0 Å². The number of halogens is 1. The van der Waals surface area contributed by atoms with Gasteiger partial charge in [0.05, 0.1) is 0 Å². The van der Waals surface area contributed by atoms with Gasteiger partial charge in [-0.25, -0.2) is 0 Å². The van der Waals surface area contributed by atoms with Crippen LogP contribution in [0.3, 0.4) is 0 Å². The zero-order chi connectivity index (χ0) is 16.1. The highest BCUT2D eigenvalue weighted by molar-refractivity contribution is 6.30. The first-order valence-corrected chi connectivity index (χ1v) is 8.27. The fourth-order valence-electron chi connectivity index (χ4n) is 2.94. The maximum atomic E-state index is 12.3. The molecule has 1 aliphatic heterocycles. The summed E-state index contributed by atoms with van der Waals surface area (Å²) in [7, 11) is 0. The average Bonchev–Trinajstić information content (AvgIpc) is 2.61. The lowest BCUT2D eigenvalue weighted by molar-refractivity contribution is -0.125. The largest absolute Gasteiger partial charge is 0.371 e. The molecule has 1 aromatic carbocycles. The van der Waals surface area contributed by atoms with Gasteiger partial charge in [-0.2, -0.15) is 0 Å². The first-order chi connectivity index (χ1) is 11.2. The van der Waals surface area contributed by atoms with Crippen LogP contribution in [0, 0.1) is 5.92 Å². The van der Waals surface area contributed by atoms with Gasteiger partial charge in [0.1, 0.15) is 0 Å². The predicted molar refractivity (Wildman–Crippen MR) is 92.5 cm³/mol. The van der Waals surface area contributed by atoms with E-state index in [1.165, 1.54) is 5.69 Å². The highest BCUT2D eigenvalue weighted by Crippen LogP contribution is 2.23. The fourth-order valence-corrected chi connectivity index (χ4v) is 3.15. The third-order valence-corrected chi connectivity index (χ3v) is 4.48. The Morgan fingerprint density at radius 1 is 1.22 bits per heavy atom. The molecule has 1 saturated heterocycles. The Balaban J connectivity index is 1.48. The number of hydrogen-bond acceptors (Lipinski definition) is 3. The smallest absolute Gasteiger partial charge is 0.223 e. The molecule has 1 fully saturated rings. The Labute approximate surface area is 141 Å². The second kappa shape index (κ2) is 7.47. The number of aromatic nitrogens is 1. The highest BCUT2D eigenvalue weighted by Gasteiger charge is 2.24. The van der Waals surface area contributed by atoms with Crippen molar-refractivity contribution >= 4 is 23.2 Å². The topological polar surface area (TPSA) is 45.2 Å². The van der Waals surface area contributed by atoms with Crippen LogP contribution in [-0.2, 0) is 11.3 Å². The van der Waals surface area contributed by atoms with Crippen LogP contribution in [0.2, 0.25) is 5.02 Å². The fraction of sp³-hybridized carbons (Fsp3) is 0.333. The van der Waals surface area contributed by atoms with E-state index in [4.69, 9.17) is 11.6 Å². The number of carbonyl (C=O) groups is 1. The van der Waals surface area contributed by atoms with E-state index >= 15 is 0 Å². The number of carbonyl (C=O) groups excluding carboxylic acids is 1. The predicted octanol–water partition coefficient (Wildman–Crippen LogP) is 3.27. The van der Waals surface area contributed by atoms with Gasteiger partial charge in [-0.3, -0.25) is 9.78 Å². The zero-order valence-corrected chi connectivity index (χ0v) is 13.7. The molecule has 0 atom stereocenters. The average molecular weight is 330 g/mol. The first kappa shape index (κ1) is 15.8. The van der Waals surface area contributed by atoms with E-state index in [2.05, 4.69) is 15.2 Å². The summed E-state index contributed by atoms with van der Waals surface area (Å²) in [5.41, 5.74) is 2.21. The number of amides is 1. The quantitative estimate of drug-likeness (QED) is 0.936. The van der Waals surface area contributed by atoms with E-state index < -0.39 is 0 Å². The molecule has 3 rings (SSSR count). The molecular formula is C18H20ClN3O. The van der Waals surface area contributed by atoms with Crippen LogP contribution in [0.25, 0.3) is 0 Å². The Hall–Kier alpha value is -2.07. The van der Waals surface area contributed by atoms with Gasteiger partial charge in [0.2, 0.25) is 5.91 Å². The number of anilines is 1. The number of pyridine rings is 1. The molecule has 23 heavy (non-hydrogen) atoms. The molecule has 0 spiro atoms. The standard InChI is InChI=1S/C18H20ClN3O/c19-16-3-1-2-14(12-16)13-21-18(23)15-6-10-22(11-7-15)17-4-8-20-9-5-17/h1-5,8-9,12,15H,6-7,10-11,13H2,(H,21,23). The third-order valence-electron chi connectivity index (χ3n) is 4.25. The van der Waals surface area contributed by atoms with Gasteiger partial charge in [0, 0.05) is 48.7 Å². The summed E-state index contributed by atoms with van der Waals surface area (Å²) in [6.07, 6.45) is 5.37. The van der Waals surface area contributed by atoms with Gasteiger partial charge < -0.3 is 10.2 Å². The second-order valence-corrected chi connectivity index (χ2v) is 6.25. The van der Waals surface area contributed by atoms with Crippen molar-refractivity contribution in [1.82, 2.24) is 10.3 Å². The van der Waals surface area contributed by atoms with E-state index in [-0.39, 0.29) is 11.8 Å². The van der Waals surface area contributed by atoms with Crippen molar-refractivity contribution in [2.24, 2.45) is 5.92 Å². The Morgan fingerprint density at radius 3 is 2.65 bits per heavy atom. The zero-order valence-electron chi connectivity index (χ0n) is 12.9. The highest BCUT2D eigenvalue weighted by atomic mass is 35.5. The minimum atomic E-state index is 0.0901. The number of hydrogen-bond donors (Lipinski definition) is 1. The lowest BCUT2D eigenvalue weighted by atomic mass is 9.95. The van der Waals surface area contributed by atoms with Gasteiger partial charge in [-0.1, -0.05) is 23.7 Å². The van der Waals surface area contributed by atoms with E-state index in [0.29, 0.717) is 11.6 Å². The van der Waals surface area contributed by atoms with Crippen molar-refractivity contribution in [3.63, 3.8) is 0 Å². The number of benzene rings is 1. The van der Waals surface area contributed by atoms with Crippen LogP contribution < -0.4 is 10.2 Å². The molecule has 1 N–H and O–H groups in total. The van der Waals surface area contributed by atoms with Gasteiger partial charge in [-0.05, 0) is 42.7 Å². The normalized spacial score (nSPS) is 15.4. The van der Waals surface area contributed by atoms with Crippen LogP contribution in [-0.4, -0.2) is 24.0 Å². The van der Waals surface area contributed by atoms with Crippen molar-refractivity contribution in [3.8, 4) is 0 Å². The molecule has 0 unspecified atom stereocenters. The Kier molecular flexibility index (Phi) is 5.13. The minimum Gasteiger partial charge on any atom is -0.371 e. The Bertz CT molecular complexity index is 654. The number of piperidine rings is 1. The molecule has 1 aliphatic rings. The van der Waals surface area contributed by atoms with Gasteiger partial charge in [-0.15, -0.1) is 0 Å². The lowest BCUT2D eigenvalue weighted by Crippen LogP contribution is -2.40. The molecular weight excluding hydrogens is 310 g/mol. The summed E-state index contributed by atoms with van der Waals surface area (Å²) in [4.78, 5) is 18.7. The van der Waals surface area contributed by atoms with Crippen molar-refractivity contribution in [2.45, 2.75) is 19.4 Å². The molecule has 1 amide bonds. The van der Waals surface area contributed by atoms with Crippen LogP contribution in [0.15, 0.2) is 48.8 Å². The Morgan fingerprint density at radius 2 is 1.96 bits per heavy atom. The van der Waals surface area contributed by atoms with Gasteiger partial charge >= 0.3 is 0 Å². The van der Waals surface area contributed by atoms with E-state index in [9.17, 15) is 4.79 Å². The molecule has 2 aromatic rings. The minimum absolute atomic E-state index is 0.0901. The van der Waals surface area contributed by atoms with Crippen LogP contribution >= 0.6 is 11.6 Å². The summed E-state index contributed by atoms with van der Waals surface area (Å²) in [6.45, 7) is 2.34. The summed E-state index contributed by atoms with van der Waals surface area (Å²) in [5.74, 6) is 0.228. The van der Waals surface area contributed by atoms with E-state index in [1.807, 2.05) is 36.4 Å². The molecule has 120 valence electrons. The number of nitrogens with one attached hydrogen (secondary N) is 1. The second-order valence-electron chi connectivity index (χ2n) is 5.81. The van der Waals surface area contributed by atoms with Gasteiger partial charge in [0.25, 0.3) is 0 Å². The maximum Gasteiger partial charge on any atom is 0.223 e. The molecule has 4 nitrogen and oxygen atoms in total. The monoisotopic (exact) mass is 329 g/mol. The summed E-state index contributed by atoms with van der Waals surface area (Å²) in [6, 6.07) is 11.6. The molecule has 0 saturated carbocycles. The summed E-state index contributed by atoms with van der Waals surface area (Å²) in [5, 5.41) is 3.72. The van der Waals surface area contributed by atoms with E-state index in [1.54, 1.807) is 12.4 Å². The first-order valence-electron chi connectivity index (χ1n) is 7.89. The number of nitrogens with zero attached hydrogens (tertiary/aromatic N) is 2. The van der Waals surface area contributed by atoms with Crippen LogP contribution in [0.1, 0.15) is 18.4 Å².